The van der Waals surface area contributed by atoms with Crippen LogP contribution in [0.1, 0.15) is 0 Å². The van der Waals surface area contributed by atoms with Crippen LogP contribution in [0.2, 0.25) is 0 Å². The topological polar surface area (TPSA) is 29.3 Å². The van der Waals surface area contributed by atoms with Crippen LogP contribution >= 0.6 is 0 Å². The number of oxazole rings is 1. The van der Waals surface area contributed by atoms with E-state index in [1.54, 1.807) is 0 Å². The summed E-state index contributed by atoms with van der Waals surface area (Å²) in [6.45, 7) is 0. The second-order valence-corrected chi connectivity index (χ2v) is 10.4. The predicted octanol–water partition coefficient (Wildman–Crippen LogP) is 10.9. The molecule has 8 aromatic rings. The van der Waals surface area contributed by atoms with Gasteiger partial charge in [0.05, 0.1) is 5.69 Å². The summed E-state index contributed by atoms with van der Waals surface area (Å²) >= 11 is 0. The first-order valence-electron chi connectivity index (χ1n) is 14.1. The van der Waals surface area contributed by atoms with Crippen LogP contribution in [0, 0.1) is 0 Å². The van der Waals surface area contributed by atoms with Gasteiger partial charge in [-0.2, -0.15) is 0 Å². The summed E-state index contributed by atoms with van der Waals surface area (Å²) in [6, 6.07) is 55.1. The van der Waals surface area contributed by atoms with Crippen molar-refractivity contribution < 1.29 is 4.42 Å². The van der Waals surface area contributed by atoms with E-state index in [9.17, 15) is 0 Å². The van der Waals surface area contributed by atoms with Crippen molar-refractivity contribution in [1.82, 2.24) is 4.98 Å². The number of hydrogen-bond acceptors (Lipinski definition) is 3. The minimum atomic E-state index is 0.632. The fourth-order valence-electron chi connectivity index (χ4n) is 5.90. The van der Waals surface area contributed by atoms with Crippen LogP contribution in [0.15, 0.2) is 162 Å². The van der Waals surface area contributed by atoms with Gasteiger partial charge in [0.25, 0.3) is 0 Å². The van der Waals surface area contributed by atoms with Crippen LogP contribution in [0.4, 0.5) is 17.1 Å². The second kappa shape index (κ2) is 10.1. The van der Waals surface area contributed by atoms with Crippen molar-refractivity contribution in [1.29, 1.82) is 0 Å². The molecule has 198 valence electrons. The molecule has 3 nitrogen and oxygen atoms in total. The normalized spacial score (nSPS) is 11.3. The Balaban J connectivity index is 1.27. The van der Waals surface area contributed by atoms with Crippen molar-refractivity contribution in [2.75, 3.05) is 4.90 Å². The Bertz CT molecular complexity index is 2180. The minimum absolute atomic E-state index is 0.632. The molecule has 1 aromatic heterocycles. The third kappa shape index (κ3) is 4.11. The first-order valence-corrected chi connectivity index (χ1v) is 14.1. The SMILES string of the molecule is c1ccc(-c2nc3ccc4c(N(c5ccccc5)c5ccc(-c6cccc7ccccc67)cc5)cccc4c3o2)cc1. The summed E-state index contributed by atoms with van der Waals surface area (Å²) < 4.78 is 6.38. The van der Waals surface area contributed by atoms with E-state index in [-0.39, 0.29) is 0 Å². The van der Waals surface area contributed by atoms with Gasteiger partial charge in [-0.1, -0.05) is 103 Å². The standard InChI is InChI=1S/C39H26N2O/c1-3-12-29(13-4-1)39-40-36-26-25-34-35(38(36)42-39)19-10-20-37(34)41(30-15-5-2-6-16-30)31-23-21-28(22-24-31)33-18-9-14-27-11-7-8-17-32(27)33/h1-26H. The van der Waals surface area contributed by atoms with Gasteiger partial charge in [0.1, 0.15) is 5.52 Å². The summed E-state index contributed by atoms with van der Waals surface area (Å²) in [7, 11) is 0. The van der Waals surface area contributed by atoms with E-state index in [1.165, 1.54) is 21.9 Å². The first kappa shape index (κ1) is 24.2. The Labute approximate surface area is 243 Å². The molecule has 0 aliphatic rings. The van der Waals surface area contributed by atoms with Gasteiger partial charge in [-0.25, -0.2) is 4.98 Å². The number of hydrogen-bond donors (Lipinski definition) is 0. The Hall–Kier alpha value is -5.67. The lowest BCUT2D eigenvalue weighted by Crippen LogP contribution is -2.10. The maximum atomic E-state index is 6.38. The third-order valence-electron chi connectivity index (χ3n) is 7.89. The molecule has 42 heavy (non-hydrogen) atoms. The van der Waals surface area contributed by atoms with E-state index in [4.69, 9.17) is 9.40 Å². The molecule has 7 aromatic carbocycles. The third-order valence-corrected chi connectivity index (χ3v) is 7.89. The zero-order valence-electron chi connectivity index (χ0n) is 22.8. The van der Waals surface area contributed by atoms with Crippen LogP contribution in [0.3, 0.4) is 0 Å². The smallest absolute Gasteiger partial charge is 0.227 e. The molecule has 0 aliphatic heterocycles. The van der Waals surface area contributed by atoms with E-state index >= 15 is 0 Å². The minimum Gasteiger partial charge on any atom is -0.435 e. The number of benzene rings is 7. The molecule has 0 radical (unpaired) electrons. The fraction of sp³-hybridized carbons (Fsp3) is 0. The summed E-state index contributed by atoms with van der Waals surface area (Å²) in [5.74, 6) is 0.632. The summed E-state index contributed by atoms with van der Waals surface area (Å²) in [5.41, 5.74) is 8.30. The average molecular weight is 539 g/mol. The zero-order chi connectivity index (χ0) is 27.9. The van der Waals surface area contributed by atoms with Gasteiger partial charge in [-0.3, -0.25) is 0 Å². The molecule has 1 heterocycles. The highest BCUT2D eigenvalue weighted by Gasteiger charge is 2.18. The number of anilines is 3. The van der Waals surface area contributed by atoms with Crippen LogP contribution in [-0.2, 0) is 0 Å². The van der Waals surface area contributed by atoms with Crippen LogP contribution in [0.5, 0.6) is 0 Å². The van der Waals surface area contributed by atoms with Crippen LogP contribution in [-0.4, -0.2) is 4.98 Å². The highest BCUT2D eigenvalue weighted by molar-refractivity contribution is 6.10. The van der Waals surface area contributed by atoms with E-state index in [0.717, 1.165) is 44.5 Å². The van der Waals surface area contributed by atoms with Gasteiger partial charge in [0.15, 0.2) is 5.58 Å². The lowest BCUT2D eigenvalue weighted by molar-refractivity contribution is 0.623. The molecule has 0 atom stereocenters. The highest BCUT2D eigenvalue weighted by Crippen LogP contribution is 2.42. The number of nitrogens with zero attached hydrogens (tertiary/aromatic N) is 2. The molecule has 0 bridgehead atoms. The van der Waals surface area contributed by atoms with Crippen molar-refractivity contribution in [3.8, 4) is 22.6 Å². The number of fused-ring (bicyclic) bond motifs is 4. The molecule has 0 spiro atoms. The summed E-state index contributed by atoms with van der Waals surface area (Å²) in [5, 5.41) is 4.64. The van der Waals surface area contributed by atoms with Crippen LogP contribution in [0.25, 0.3) is 55.2 Å². The molecular formula is C39H26N2O. The average Bonchev–Trinajstić information content (AvgIpc) is 3.51. The van der Waals surface area contributed by atoms with Crippen LogP contribution < -0.4 is 4.90 Å². The number of para-hydroxylation sites is 1. The van der Waals surface area contributed by atoms with E-state index < -0.39 is 0 Å². The Kier molecular flexibility index (Phi) is 5.79. The largest absolute Gasteiger partial charge is 0.435 e. The van der Waals surface area contributed by atoms with Crippen molar-refractivity contribution in [2.45, 2.75) is 0 Å². The highest BCUT2D eigenvalue weighted by atomic mass is 16.3. The van der Waals surface area contributed by atoms with Gasteiger partial charge >= 0.3 is 0 Å². The monoisotopic (exact) mass is 538 g/mol. The molecule has 0 aliphatic carbocycles. The molecular weight excluding hydrogens is 512 g/mol. The molecule has 0 amide bonds. The van der Waals surface area contributed by atoms with Gasteiger partial charge in [0.2, 0.25) is 5.89 Å². The zero-order valence-corrected chi connectivity index (χ0v) is 22.8. The molecule has 0 N–H and O–H groups in total. The molecule has 0 fully saturated rings. The molecule has 0 saturated carbocycles. The molecule has 0 unspecified atom stereocenters. The molecule has 3 heteroatoms. The quantitative estimate of drug-likeness (QED) is 0.218. The lowest BCUT2D eigenvalue weighted by Gasteiger charge is -2.27. The van der Waals surface area contributed by atoms with Gasteiger partial charge in [0, 0.05) is 27.7 Å². The van der Waals surface area contributed by atoms with E-state index in [2.05, 4.69) is 132 Å². The van der Waals surface area contributed by atoms with Crippen molar-refractivity contribution in [2.24, 2.45) is 0 Å². The molecule has 0 saturated heterocycles. The van der Waals surface area contributed by atoms with Gasteiger partial charge < -0.3 is 9.32 Å². The Morgan fingerprint density at radius 1 is 0.452 bits per heavy atom. The Morgan fingerprint density at radius 3 is 1.95 bits per heavy atom. The predicted molar refractivity (Wildman–Crippen MR) is 175 cm³/mol. The van der Waals surface area contributed by atoms with Gasteiger partial charge in [-0.05, 0) is 76.5 Å². The van der Waals surface area contributed by atoms with Crippen molar-refractivity contribution >= 4 is 49.7 Å². The number of rotatable bonds is 5. The van der Waals surface area contributed by atoms with Crippen molar-refractivity contribution in [3.63, 3.8) is 0 Å². The fourth-order valence-corrected chi connectivity index (χ4v) is 5.90. The van der Waals surface area contributed by atoms with Gasteiger partial charge in [-0.15, -0.1) is 0 Å². The maximum Gasteiger partial charge on any atom is 0.227 e. The van der Waals surface area contributed by atoms with Crippen molar-refractivity contribution in [3.05, 3.63) is 158 Å². The summed E-state index contributed by atoms with van der Waals surface area (Å²) in [4.78, 5) is 7.12. The second-order valence-electron chi connectivity index (χ2n) is 10.4. The van der Waals surface area contributed by atoms with E-state index in [1.807, 2.05) is 30.3 Å². The lowest BCUT2D eigenvalue weighted by atomic mass is 9.98. The maximum absolute atomic E-state index is 6.38. The summed E-state index contributed by atoms with van der Waals surface area (Å²) in [6.07, 6.45) is 0. The Morgan fingerprint density at radius 2 is 1.12 bits per heavy atom. The number of aromatic nitrogens is 1. The first-order chi connectivity index (χ1) is 20.8. The molecule has 8 rings (SSSR count). The van der Waals surface area contributed by atoms with E-state index in [0.29, 0.717) is 5.89 Å².